The van der Waals surface area contributed by atoms with Gasteiger partial charge in [-0.1, -0.05) is 22.0 Å². The fourth-order valence-electron chi connectivity index (χ4n) is 1.76. The van der Waals surface area contributed by atoms with Crippen LogP contribution >= 0.6 is 31.9 Å². The van der Waals surface area contributed by atoms with Gasteiger partial charge >= 0.3 is 0 Å². The quantitative estimate of drug-likeness (QED) is 0.807. The fourth-order valence-corrected chi connectivity index (χ4v) is 2.90. The molecule has 20 heavy (non-hydrogen) atoms. The number of carbonyl (C=O) groups excluding carboxylic acids is 1. The van der Waals surface area contributed by atoms with E-state index in [2.05, 4.69) is 37.2 Å². The lowest BCUT2D eigenvalue weighted by Gasteiger charge is -2.09. The standard InChI is InChI=1S/C15H13Br2NO2/c1-9-3-4-13(14(17)5-9)15(19)18-11-6-10(16)7-12(8-11)20-2/h3-8H,1-2H3,(H,18,19). The summed E-state index contributed by atoms with van der Waals surface area (Å²) in [5, 5.41) is 2.86. The van der Waals surface area contributed by atoms with Crippen molar-refractivity contribution in [3.63, 3.8) is 0 Å². The van der Waals surface area contributed by atoms with Crippen LogP contribution in [-0.2, 0) is 0 Å². The molecule has 0 aliphatic rings. The number of nitrogens with one attached hydrogen (secondary N) is 1. The second kappa shape index (κ2) is 6.41. The van der Waals surface area contributed by atoms with E-state index in [1.807, 2.05) is 31.2 Å². The third-order valence-electron chi connectivity index (χ3n) is 2.73. The summed E-state index contributed by atoms with van der Waals surface area (Å²) in [4.78, 5) is 12.3. The van der Waals surface area contributed by atoms with Crippen LogP contribution in [0.15, 0.2) is 45.3 Å². The first-order chi connectivity index (χ1) is 9.49. The van der Waals surface area contributed by atoms with Gasteiger partial charge in [-0.2, -0.15) is 0 Å². The van der Waals surface area contributed by atoms with E-state index >= 15 is 0 Å². The van der Waals surface area contributed by atoms with Gasteiger partial charge in [0.1, 0.15) is 5.75 Å². The van der Waals surface area contributed by atoms with Crippen LogP contribution in [0.4, 0.5) is 5.69 Å². The summed E-state index contributed by atoms with van der Waals surface area (Å²) >= 11 is 6.79. The summed E-state index contributed by atoms with van der Waals surface area (Å²) in [5.74, 6) is 0.509. The molecular weight excluding hydrogens is 386 g/mol. The van der Waals surface area contributed by atoms with E-state index in [0.717, 1.165) is 14.5 Å². The maximum absolute atomic E-state index is 12.3. The number of halogens is 2. The molecule has 0 fully saturated rings. The van der Waals surface area contributed by atoms with Crippen LogP contribution in [0.2, 0.25) is 0 Å². The Balaban J connectivity index is 2.25. The van der Waals surface area contributed by atoms with Crippen LogP contribution in [0.1, 0.15) is 15.9 Å². The van der Waals surface area contributed by atoms with Crippen LogP contribution in [0, 0.1) is 6.92 Å². The molecule has 2 aromatic rings. The summed E-state index contributed by atoms with van der Waals surface area (Å²) in [7, 11) is 1.59. The molecule has 0 atom stereocenters. The van der Waals surface area contributed by atoms with E-state index in [1.165, 1.54) is 0 Å². The summed E-state index contributed by atoms with van der Waals surface area (Å²) in [6.07, 6.45) is 0. The molecule has 0 bridgehead atoms. The first-order valence-electron chi connectivity index (χ1n) is 5.91. The van der Waals surface area contributed by atoms with Gasteiger partial charge in [0.2, 0.25) is 0 Å². The Morgan fingerprint density at radius 2 is 1.90 bits per heavy atom. The van der Waals surface area contributed by atoms with E-state index in [0.29, 0.717) is 17.0 Å². The van der Waals surface area contributed by atoms with Crippen molar-refractivity contribution in [3.05, 3.63) is 56.5 Å². The molecule has 0 unspecified atom stereocenters. The highest BCUT2D eigenvalue weighted by Gasteiger charge is 2.11. The topological polar surface area (TPSA) is 38.3 Å². The average molecular weight is 399 g/mol. The Morgan fingerprint density at radius 3 is 2.55 bits per heavy atom. The number of ether oxygens (including phenoxy) is 1. The van der Waals surface area contributed by atoms with Gasteiger partial charge < -0.3 is 10.1 Å². The molecule has 104 valence electrons. The van der Waals surface area contributed by atoms with E-state index < -0.39 is 0 Å². The lowest BCUT2D eigenvalue weighted by Crippen LogP contribution is -2.12. The van der Waals surface area contributed by atoms with Crippen LogP contribution in [-0.4, -0.2) is 13.0 Å². The second-order valence-corrected chi connectivity index (χ2v) is 6.09. The highest BCUT2D eigenvalue weighted by atomic mass is 79.9. The molecule has 0 aliphatic heterocycles. The Labute approximate surface area is 134 Å². The van der Waals surface area contributed by atoms with Crippen LogP contribution < -0.4 is 10.1 Å². The van der Waals surface area contributed by atoms with E-state index in [9.17, 15) is 4.79 Å². The first-order valence-corrected chi connectivity index (χ1v) is 7.50. The summed E-state index contributed by atoms with van der Waals surface area (Å²) in [5.41, 5.74) is 2.36. The molecule has 2 rings (SSSR count). The first kappa shape index (κ1) is 15.1. The summed E-state index contributed by atoms with van der Waals surface area (Å²) in [6.45, 7) is 1.98. The van der Waals surface area contributed by atoms with Crippen molar-refractivity contribution in [1.29, 1.82) is 0 Å². The molecule has 0 aromatic heterocycles. The molecule has 0 aliphatic carbocycles. The molecule has 2 aromatic carbocycles. The summed E-state index contributed by atoms with van der Waals surface area (Å²) in [6, 6.07) is 11.0. The van der Waals surface area contributed by atoms with Crippen molar-refractivity contribution in [2.24, 2.45) is 0 Å². The minimum Gasteiger partial charge on any atom is -0.497 e. The lowest BCUT2D eigenvalue weighted by molar-refractivity contribution is 0.102. The van der Waals surface area contributed by atoms with E-state index in [4.69, 9.17) is 4.74 Å². The third-order valence-corrected chi connectivity index (χ3v) is 3.85. The molecule has 0 saturated heterocycles. The zero-order chi connectivity index (χ0) is 14.7. The van der Waals surface area contributed by atoms with Crippen molar-refractivity contribution >= 4 is 43.5 Å². The monoisotopic (exact) mass is 397 g/mol. The largest absolute Gasteiger partial charge is 0.497 e. The molecule has 0 saturated carbocycles. The number of hydrogen-bond donors (Lipinski definition) is 1. The van der Waals surface area contributed by atoms with Gasteiger partial charge in [-0.15, -0.1) is 0 Å². The van der Waals surface area contributed by atoms with Crippen LogP contribution in [0.25, 0.3) is 0 Å². The van der Waals surface area contributed by atoms with Gasteiger partial charge in [-0.05, 0) is 52.7 Å². The summed E-state index contributed by atoms with van der Waals surface area (Å²) < 4.78 is 6.79. The van der Waals surface area contributed by atoms with E-state index in [-0.39, 0.29) is 5.91 Å². The van der Waals surface area contributed by atoms with Crippen molar-refractivity contribution < 1.29 is 9.53 Å². The minimum atomic E-state index is -0.169. The van der Waals surface area contributed by atoms with Crippen molar-refractivity contribution in [2.45, 2.75) is 6.92 Å². The predicted molar refractivity (Wildman–Crippen MR) is 87.5 cm³/mol. The minimum absolute atomic E-state index is 0.169. The smallest absolute Gasteiger partial charge is 0.256 e. The molecule has 5 heteroatoms. The molecular formula is C15H13Br2NO2. The molecule has 0 heterocycles. The number of methoxy groups -OCH3 is 1. The van der Waals surface area contributed by atoms with Gasteiger partial charge in [0.15, 0.2) is 0 Å². The van der Waals surface area contributed by atoms with Crippen LogP contribution in [0.3, 0.4) is 0 Å². The van der Waals surface area contributed by atoms with Crippen molar-refractivity contribution in [3.8, 4) is 5.75 Å². The number of anilines is 1. The van der Waals surface area contributed by atoms with Gasteiger partial charge in [0.05, 0.1) is 12.7 Å². The normalized spacial score (nSPS) is 10.2. The highest BCUT2D eigenvalue weighted by Crippen LogP contribution is 2.26. The maximum atomic E-state index is 12.3. The number of amides is 1. The number of aryl methyl sites for hydroxylation is 1. The SMILES string of the molecule is COc1cc(Br)cc(NC(=O)c2ccc(C)cc2Br)c1. The van der Waals surface area contributed by atoms with Crippen LogP contribution in [0.5, 0.6) is 5.75 Å². The zero-order valence-corrected chi connectivity index (χ0v) is 14.2. The Bertz CT molecular complexity index is 656. The Hall–Kier alpha value is -1.33. The number of hydrogen-bond acceptors (Lipinski definition) is 2. The maximum Gasteiger partial charge on any atom is 0.256 e. The number of carbonyl (C=O) groups is 1. The van der Waals surface area contributed by atoms with Crippen molar-refractivity contribution in [2.75, 3.05) is 12.4 Å². The molecule has 0 spiro atoms. The Morgan fingerprint density at radius 1 is 1.15 bits per heavy atom. The molecule has 0 radical (unpaired) electrons. The van der Waals surface area contributed by atoms with Gasteiger partial charge in [-0.3, -0.25) is 4.79 Å². The van der Waals surface area contributed by atoms with Crippen molar-refractivity contribution in [1.82, 2.24) is 0 Å². The molecule has 1 N–H and O–H groups in total. The molecule has 1 amide bonds. The second-order valence-electron chi connectivity index (χ2n) is 4.32. The fraction of sp³-hybridized carbons (Fsp3) is 0.133. The highest BCUT2D eigenvalue weighted by molar-refractivity contribution is 9.10. The van der Waals surface area contributed by atoms with Gasteiger partial charge in [0.25, 0.3) is 5.91 Å². The number of benzene rings is 2. The zero-order valence-electron chi connectivity index (χ0n) is 11.0. The Kier molecular flexibility index (Phi) is 4.83. The van der Waals surface area contributed by atoms with Gasteiger partial charge in [0, 0.05) is 20.7 Å². The van der Waals surface area contributed by atoms with Gasteiger partial charge in [-0.25, -0.2) is 0 Å². The average Bonchev–Trinajstić information content (AvgIpc) is 2.37. The lowest BCUT2D eigenvalue weighted by atomic mass is 10.1. The van der Waals surface area contributed by atoms with E-state index in [1.54, 1.807) is 19.2 Å². The predicted octanol–water partition coefficient (Wildman–Crippen LogP) is 4.78. The third kappa shape index (κ3) is 3.61. The molecule has 3 nitrogen and oxygen atoms in total. The number of rotatable bonds is 3.